The molecule has 0 aromatic heterocycles. The van der Waals surface area contributed by atoms with Crippen molar-refractivity contribution in [1.82, 2.24) is 0 Å². The summed E-state index contributed by atoms with van der Waals surface area (Å²) < 4.78 is 4.97. The number of ether oxygens (including phenoxy) is 1. The molecule has 4 heteroatoms. The fraction of sp³-hybridized carbons (Fsp3) is 0.312. The molecule has 0 saturated carbocycles. The lowest BCUT2D eigenvalue weighted by Gasteiger charge is -2.19. The molecule has 0 radical (unpaired) electrons. The average Bonchev–Trinajstić information content (AvgIpc) is 2.45. The molecule has 2 aromatic carbocycles. The van der Waals surface area contributed by atoms with Crippen LogP contribution in [-0.2, 0) is 16.1 Å². The third-order valence-corrected chi connectivity index (χ3v) is 4.94. The highest BCUT2D eigenvalue weighted by Crippen LogP contribution is 2.28. The normalized spacial score (nSPS) is 14.0. The van der Waals surface area contributed by atoms with Crippen molar-refractivity contribution in [1.29, 1.82) is 0 Å². The molecule has 0 aliphatic heterocycles. The van der Waals surface area contributed by atoms with Gasteiger partial charge < -0.3 is 4.74 Å². The number of benzene rings is 2. The first kappa shape index (κ1) is 15.6. The fourth-order valence-corrected chi connectivity index (χ4v) is 2.29. The molecule has 0 saturated heterocycles. The van der Waals surface area contributed by atoms with Gasteiger partial charge in [0.2, 0.25) is 0 Å². The Bertz CT molecular complexity index is 637. The minimum atomic E-state index is -0.472. The van der Waals surface area contributed by atoms with Crippen LogP contribution in [-0.4, -0.2) is 9.39 Å². The number of esters is 1. The van der Waals surface area contributed by atoms with Gasteiger partial charge in [-0.15, -0.1) is 0 Å². The van der Waals surface area contributed by atoms with Crippen molar-refractivity contribution in [3.05, 3.63) is 47.0 Å². The second-order valence-electron chi connectivity index (χ2n) is 4.88. The first-order valence-corrected chi connectivity index (χ1v) is 7.93. The van der Waals surface area contributed by atoms with Crippen molar-refractivity contribution in [2.45, 2.75) is 30.3 Å². The van der Waals surface area contributed by atoms with Gasteiger partial charge in [0.25, 0.3) is 0 Å². The van der Waals surface area contributed by atoms with Gasteiger partial charge in [-0.25, -0.2) is 0 Å². The van der Waals surface area contributed by atoms with Crippen LogP contribution in [0, 0.1) is 0 Å². The molecule has 2 aromatic rings. The van der Waals surface area contributed by atoms with Crippen molar-refractivity contribution < 1.29 is 9.53 Å². The van der Waals surface area contributed by atoms with Crippen molar-refractivity contribution in [2.24, 2.45) is 0 Å². The number of alkyl halides is 1. The van der Waals surface area contributed by atoms with E-state index in [1.54, 1.807) is 0 Å². The third-order valence-electron chi connectivity index (χ3n) is 3.41. The van der Waals surface area contributed by atoms with Gasteiger partial charge >= 0.3 is 5.97 Å². The molecule has 0 bridgehead atoms. The monoisotopic (exact) mass is 402 g/mol. The predicted octanol–water partition coefficient (Wildman–Crippen LogP) is 5.14. The molecule has 0 amide bonds. The lowest BCUT2D eigenvalue weighted by molar-refractivity contribution is -0.146. The summed E-state index contributed by atoms with van der Waals surface area (Å²) in [7, 11) is 0. The second-order valence-corrected chi connectivity index (χ2v) is 7.67. The molecule has 0 N–H and O–H groups in total. The zero-order valence-corrected chi connectivity index (χ0v) is 14.4. The maximum absolute atomic E-state index is 12.0. The van der Waals surface area contributed by atoms with E-state index >= 15 is 0 Å². The molecular formula is C16H16ClIO2. The van der Waals surface area contributed by atoms with E-state index in [0.717, 1.165) is 22.8 Å². The zero-order chi connectivity index (χ0) is 14.8. The fourth-order valence-electron chi connectivity index (χ4n) is 1.90. The van der Waals surface area contributed by atoms with Gasteiger partial charge in [-0.2, -0.15) is 0 Å². The Labute approximate surface area is 137 Å². The van der Waals surface area contributed by atoms with Crippen LogP contribution in [0.1, 0.15) is 25.8 Å². The van der Waals surface area contributed by atoms with E-state index in [1.807, 2.05) is 50.2 Å². The maximum Gasteiger partial charge on any atom is 0.322 e. The molecule has 0 fully saturated rings. The Balaban J connectivity index is 2.23. The van der Waals surface area contributed by atoms with Gasteiger partial charge in [-0.05, 0) is 30.4 Å². The number of carbonyl (C=O) groups is 1. The van der Waals surface area contributed by atoms with Crippen molar-refractivity contribution in [2.75, 3.05) is 0 Å². The summed E-state index contributed by atoms with van der Waals surface area (Å²) in [5.41, 5.74) is 0.974. The summed E-state index contributed by atoms with van der Waals surface area (Å²) in [6, 6.07) is 11.6. The van der Waals surface area contributed by atoms with Crippen LogP contribution in [0.15, 0.2) is 36.4 Å². The van der Waals surface area contributed by atoms with Crippen molar-refractivity contribution >= 4 is 50.9 Å². The molecule has 0 aliphatic rings. The number of hydrogen-bond donors (Lipinski definition) is 0. The lowest BCUT2D eigenvalue weighted by Crippen LogP contribution is -2.29. The largest absolute Gasteiger partial charge is 0.460 e. The van der Waals surface area contributed by atoms with Crippen LogP contribution < -0.4 is 0 Å². The van der Waals surface area contributed by atoms with Gasteiger partial charge in [0, 0.05) is 10.4 Å². The minimum Gasteiger partial charge on any atom is -0.460 e. The van der Waals surface area contributed by atoms with E-state index in [2.05, 4.69) is 22.6 Å². The summed E-state index contributed by atoms with van der Waals surface area (Å²) >= 11 is 8.31. The average molecular weight is 403 g/mol. The summed E-state index contributed by atoms with van der Waals surface area (Å²) in [5, 5.41) is 2.72. The second kappa shape index (κ2) is 6.31. The molecule has 1 atom stereocenters. The predicted molar refractivity (Wildman–Crippen MR) is 91.5 cm³/mol. The highest BCUT2D eigenvalue weighted by molar-refractivity contribution is 14.1. The van der Waals surface area contributed by atoms with E-state index < -0.39 is 3.42 Å². The Kier molecular flexibility index (Phi) is 4.91. The molecule has 1 unspecified atom stereocenters. The molecule has 0 spiro atoms. The standard InChI is InChI=1S/C16H16ClIO2/c1-3-16(2,18)15(19)20-10-11-6-4-8-13-12(11)7-5-9-14(13)17/h4-9H,3,10H2,1-2H3. The highest BCUT2D eigenvalue weighted by Gasteiger charge is 2.29. The quantitative estimate of drug-likeness (QED) is 0.402. The van der Waals surface area contributed by atoms with Gasteiger partial charge in [0.05, 0.1) is 0 Å². The van der Waals surface area contributed by atoms with Gasteiger partial charge in [0.1, 0.15) is 10.0 Å². The van der Waals surface area contributed by atoms with E-state index in [-0.39, 0.29) is 12.6 Å². The highest BCUT2D eigenvalue weighted by atomic mass is 127. The number of hydrogen-bond acceptors (Lipinski definition) is 2. The molecule has 2 rings (SSSR count). The zero-order valence-electron chi connectivity index (χ0n) is 11.5. The lowest BCUT2D eigenvalue weighted by atomic mass is 10.1. The SMILES string of the molecule is CCC(C)(I)C(=O)OCc1cccc2c(Cl)cccc12. The van der Waals surface area contributed by atoms with E-state index in [1.165, 1.54) is 0 Å². The van der Waals surface area contributed by atoms with Gasteiger partial charge in [-0.1, -0.05) is 71.4 Å². The summed E-state index contributed by atoms with van der Waals surface area (Å²) in [4.78, 5) is 12.0. The number of rotatable bonds is 4. The van der Waals surface area contributed by atoms with Crippen molar-refractivity contribution in [3.63, 3.8) is 0 Å². The molecule has 2 nitrogen and oxygen atoms in total. The maximum atomic E-state index is 12.0. The van der Waals surface area contributed by atoms with Crippen LogP contribution in [0.4, 0.5) is 0 Å². The van der Waals surface area contributed by atoms with Gasteiger partial charge in [-0.3, -0.25) is 4.79 Å². The Morgan fingerprint density at radius 2 is 1.90 bits per heavy atom. The molecule has 0 aliphatic carbocycles. The topological polar surface area (TPSA) is 26.3 Å². The van der Waals surface area contributed by atoms with Gasteiger partial charge in [0.15, 0.2) is 0 Å². The molecule has 106 valence electrons. The van der Waals surface area contributed by atoms with Crippen LogP contribution >= 0.6 is 34.2 Å². The van der Waals surface area contributed by atoms with E-state index in [9.17, 15) is 4.79 Å². The number of halogens is 2. The minimum absolute atomic E-state index is 0.181. The Hall–Kier alpha value is -0.810. The summed E-state index contributed by atoms with van der Waals surface area (Å²) in [5.74, 6) is -0.181. The van der Waals surface area contributed by atoms with Crippen LogP contribution in [0.2, 0.25) is 5.02 Å². The number of carbonyl (C=O) groups excluding carboxylic acids is 1. The summed E-state index contributed by atoms with van der Waals surface area (Å²) in [6.07, 6.45) is 0.744. The molecule has 20 heavy (non-hydrogen) atoms. The van der Waals surface area contributed by atoms with E-state index in [0.29, 0.717) is 5.02 Å². The van der Waals surface area contributed by atoms with Crippen LogP contribution in [0.5, 0.6) is 0 Å². The smallest absolute Gasteiger partial charge is 0.322 e. The third kappa shape index (κ3) is 3.26. The first-order valence-electron chi connectivity index (χ1n) is 6.48. The van der Waals surface area contributed by atoms with Crippen LogP contribution in [0.3, 0.4) is 0 Å². The van der Waals surface area contributed by atoms with E-state index in [4.69, 9.17) is 16.3 Å². The first-order chi connectivity index (χ1) is 9.45. The Morgan fingerprint density at radius 3 is 2.60 bits per heavy atom. The molecule has 0 heterocycles. The number of fused-ring (bicyclic) bond motifs is 1. The van der Waals surface area contributed by atoms with Crippen LogP contribution in [0.25, 0.3) is 10.8 Å². The molecular weight excluding hydrogens is 387 g/mol. The summed E-state index contributed by atoms with van der Waals surface area (Å²) in [6.45, 7) is 4.14. The van der Waals surface area contributed by atoms with Crippen molar-refractivity contribution in [3.8, 4) is 0 Å². The Morgan fingerprint density at radius 1 is 1.25 bits per heavy atom.